The minimum Gasteiger partial charge on any atom is -0.497 e. The molecule has 0 aliphatic carbocycles. The third-order valence-corrected chi connectivity index (χ3v) is 3.92. The van der Waals surface area contributed by atoms with Crippen LogP contribution in [0.3, 0.4) is 0 Å². The van der Waals surface area contributed by atoms with E-state index in [4.69, 9.17) is 9.47 Å². The standard InChI is InChI=1S/C14H20BrNO2/c1-14(2)9-10(6-7-18-14)16-13-8-11(17-3)4-5-12(13)15/h4-5,8,10,16H,6-7,9H2,1-3H3. The van der Waals surface area contributed by atoms with E-state index in [0.717, 1.165) is 35.4 Å². The lowest BCUT2D eigenvalue weighted by Gasteiger charge is -2.36. The van der Waals surface area contributed by atoms with E-state index < -0.39 is 0 Å². The van der Waals surface area contributed by atoms with Gasteiger partial charge in [-0.2, -0.15) is 0 Å². The molecule has 1 unspecified atom stereocenters. The maximum absolute atomic E-state index is 5.73. The van der Waals surface area contributed by atoms with Crippen molar-refractivity contribution < 1.29 is 9.47 Å². The predicted molar refractivity (Wildman–Crippen MR) is 77.4 cm³/mol. The SMILES string of the molecule is COc1ccc(Br)c(NC2CCOC(C)(C)C2)c1. The molecule has 1 saturated heterocycles. The van der Waals surface area contributed by atoms with E-state index in [9.17, 15) is 0 Å². The second-order valence-electron chi connectivity index (χ2n) is 5.29. The Labute approximate surface area is 117 Å². The first-order chi connectivity index (χ1) is 8.50. The van der Waals surface area contributed by atoms with Crippen molar-refractivity contribution in [1.29, 1.82) is 0 Å². The van der Waals surface area contributed by atoms with Crippen molar-refractivity contribution in [2.24, 2.45) is 0 Å². The van der Waals surface area contributed by atoms with E-state index in [-0.39, 0.29) is 5.60 Å². The van der Waals surface area contributed by atoms with Gasteiger partial charge in [0.25, 0.3) is 0 Å². The van der Waals surface area contributed by atoms with Crippen molar-refractivity contribution in [1.82, 2.24) is 0 Å². The van der Waals surface area contributed by atoms with E-state index in [1.54, 1.807) is 7.11 Å². The van der Waals surface area contributed by atoms with Crippen LogP contribution in [0.2, 0.25) is 0 Å². The van der Waals surface area contributed by atoms with Gasteiger partial charge in [0.15, 0.2) is 0 Å². The maximum atomic E-state index is 5.73. The molecule has 1 fully saturated rings. The van der Waals surface area contributed by atoms with Crippen LogP contribution in [0.1, 0.15) is 26.7 Å². The number of methoxy groups -OCH3 is 1. The highest BCUT2D eigenvalue weighted by Gasteiger charge is 2.28. The first-order valence-electron chi connectivity index (χ1n) is 6.24. The van der Waals surface area contributed by atoms with Crippen LogP contribution in [0.25, 0.3) is 0 Å². The molecule has 1 aliphatic heterocycles. The highest BCUT2D eigenvalue weighted by molar-refractivity contribution is 9.10. The predicted octanol–water partition coefficient (Wildman–Crippen LogP) is 3.83. The molecule has 1 heterocycles. The Morgan fingerprint density at radius 3 is 2.89 bits per heavy atom. The molecule has 1 aromatic rings. The zero-order valence-electron chi connectivity index (χ0n) is 11.1. The molecule has 0 bridgehead atoms. The van der Waals surface area contributed by atoms with E-state index in [1.165, 1.54) is 0 Å². The Kier molecular flexibility index (Phi) is 4.17. The van der Waals surface area contributed by atoms with Crippen molar-refractivity contribution >= 4 is 21.6 Å². The van der Waals surface area contributed by atoms with Crippen LogP contribution < -0.4 is 10.1 Å². The van der Waals surface area contributed by atoms with Gasteiger partial charge in [-0.25, -0.2) is 0 Å². The molecular formula is C14H20BrNO2. The van der Waals surface area contributed by atoms with Crippen LogP contribution >= 0.6 is 15.9 Å². The first kappa shape index (κ1) is 13.7. The second kappa shape index (κ2) is 5.49. The summed E-state index contributed by atoms with van der Waals surface area (Å²) in [6, 6.07) is 6.42. The molecule has 0 amide bonds. The van der Waals surface area contributed by atoms with Gasteiger partial charge in [0.1, 0.15) is 5.75 Å². The molecule has 4 heteroatoms. The van der Waals surface area contributed by atoms with E-state index >= 15 is 0 Å². The van der Waals surface area contributed by atoms with Crippen molar-refractivity contribution in [3.63, 3.8) is 0 Å². The quantitative estimate of drug-likeness (QED) is 0.920. The number of halogens is 1. The maximum Gasteiger partial charge on any atom is 0.121 e. The minimum atomic E-state index is -0.0404. The number of hydrogen-bond donors (Lipinski definition) is 1. The molecule has 0 spiro atoms. The van der Waals surface area contributed by atoms with Gasteiger partial charge in [-0.15, -0.1) is 0 Å². The van der Waals surface area contributed by atoms with E-state index in [1.807, 2.05) is 18.2 Å². The topological polar surface area (TPSA) is 30.5 Å². The van der Waals surface area contributed by atoms with Crippen LogP contribution in [-0.2, 0) is 4.74 Å². The Morgan fingerprint density at radius 1 is 1.44 bits per heavy atom. The normalized spacial score (nSPS) is 22.6. The summed E-state index contributed by atoms with van der Waals surface area (Å²) < 4.78 is 12.0. The van der Waals surface area contributed by atoms with E-state index in [0.29, 0.717) is 6.04 Å². The lowest BCUT2D eigenvalue weighted by Crippen LogP contribution is -2.40. The number of hydrogen-bond acceptors (Lipinski definition) is 3. The Balaban J connectivity index is 2.09. The summed E-state index contributed by atoms with van der Waals surface area (Å²) >= 11 is 3.57. The Hall–Kier alpha value is -0.740. The molecule has 100 valence electrons. The van der Waals surface area contributed by atoms with Gasteiger partial charge in [0.2, 0.25) is 0 Å². The highest BCUT2D eigenvalue weighted by Crippen LogP contribution is 2.31. The highest BCUT2D eigenvalue weighted by atomic mass is 79.9. The zero-order valence-corrected chi connectivity index (χ0v) is 12.7. The summed E-state index contributed by atoms with van der Waals surface area (Å²) in [5.41, 5.74) is 1.04. The van der Waals surface area contributed by atoms with E-state index in [2.05, 4.69) is 35.1 Å². The van der Waals surface area contributed by atoms with Crippen molar-refractivity contribution in [3.05, 3.63) is 22.7 Å². The van der Waals surface area contributed by atoms with Crippen molar-refractivity contribution in [2.45, 2.75) is 38.3 Å². The molecule has 1 N–H and O–H groups in total. The Morgan fingerprint density at radius 2 is 2.22 bits per heavy atom. The van der Waals surface area contributed by atoms with Gasteiger partial charge in [-0.3, -0.25) is 0 Å². The minimum absolute atomic E-state index is 0.0404. The molecule has 2 rings (SSSR count). The fourth-order valence-electron chi connectivity index (χ4n) is 2.32. The average Bonchev–Trinajstić information content (AvgIpc) is 2.31. The molecule has 0 radical (unpaired) electrons. The summed E-state index contributed by atoms with van der Waals surface area (Å²) in [6.45, 7) is 5.09. The summed E-state index contributed by atoms with van der Waals surface area (Å²) in [5.74, 6) is 0.868. The van der Waals surface area contributed by atoms with Gasteiger partial charge in [0.05, 0.1) is 18.4 Å². The summed E-state index contributed by atoms with van der Waals surface area (Å²) in [7, 11) is 1.69. The summed E-state index contributed by atoms with van der Waals surface area (Å²) in [4.78, 5) is 0. The number of anilines is 1. The zero-order chi connectivity index (χ0) is 13.2. The molecule has 18 heavy (non-hydrogen) atoms. The number of ether oxygens (including phenoxy) is 2. The lowest BCUT2D eigenvalue weighted by molar-refractivity contribution is -0.0553. The van der Waals surface area contributed by atoms with Crippen LogP contribution in [0, 0.1) is 0 Å². The van der Waals surface area contributed by atoms with Gasteiger partial charge < -0.3 is 14.8 Å². The summed E-state index contributed by atoms with van der Waals surface area (Å²) in [6.07, 6.45) is 2.05. The van der Waals surface area contributed by atoms with Crippen LogP contribution in [0.5, 0.6) is 5.75 Å². The monoisotopic (exact) mass is 313 g/mol. The van der Waals surface area contributed by atoms with Crippen LogP contribution in [0.4, 0.5) is 5.69 Å². The fourth-order valence-corrected chi connectivity index (χ4v) is 2.68. The number of benzene rings is 1. The van der Waals surface area contributed by atoms with Gasteiger partial charge in [-0.05, 0) is 54.8 Å². The molecule has 1 atom stereocenters. The third-order valence-electron chi connectivity index (χ3n) is 3.23. The van der Waals surface area contributed by atoms with Crippen molar-refractivity contribution in [2.75, 3.05) is 19.0 Å². The molecule has 0 aromatic heterocycles. The van der Waals surface area contributed by atoms with Crippen molar-refractivity contribution in [3.8, 4) is 5.75 Å². The number of nitrogens with one attached hydrogen (secondary N) is 1. The largest absolute Gasteiger partial charge is 0.497 e. The van der Waals surface area contributed by atoms with Gasteiger partial charge in [-0.1, -0.05) is 0 Å². The second-order valence-corrected chi connectivity index (χ2v) is 6.14. The van der Waals surface area contributed by atoms with Gasteiger partial charge in [0, 0.05) is 23.2 Å². The Bertz CT molecular complexity index is 420. The first-order valence-corrected chi connectivity index (χ1v) is 7.03. The molecule has 0 saturated carbocycles. The third kappa shape index (κ3) is 3.39. The summed E-state index contributed by atoms with van der Waals surface area (Å²) in [5, 5.41) is 3.57. The number of rotatable bonds is 3. The van der Waals surface area contributed by atoms with Crippen LogP contribution in [-0.4, -0.2) is 25.4 Å². The molecule has 1 aliphatic rings. The van der Waals surface area contributed by atoms with Crippen LogP contribution in [0.15, 0.2) is 22.7 Å². The fraction of sp³-hybridized carbons (Fsp3) is 0.571. The lowest BCUT2D eigenvalue weighted by atomic mass is 9.94. The molecule has 1 aromatic carbocycles. The smallest absolute Gasteiger partial charge is 0.121 e. The molecule has 3 nitrogen and oxygen atoms in total. The molecular weight excluding hydrogens is 294 g/mol. The van der Waals surface area contributed by atoms with Gasteiger partial charge >= 0.3 is 0 Å². The average molecular weight is 314 g/mol.